The first-order valence-electron chi connectivity index (χ1n) is 45.2. The average molecular weight is 1670 g/mol. The van der Waals surface area contributed by atoms with Gasteiger partial charge in [0.1, 0.15) is 45.4 Å². The number of anilines is 3. The lowest BCUT2D eigenvalue weighted by atomic mass is 9.77. The Balaban J connectivity index is 0.648. The summed E-state index contributed by atoms with van der Waals surface area (Å²) in [6, 6.07) is 149. The molecular weight excluding hydrogens is 1580 g/mol. The molecule has 7 heteroatoms. The summed E-state index contributed by atoms with van der Waals surface area (Å²) in [4.78, 5) is 2.40. The number of nitrogens with zero attached hydrogens (tertiary/aromatic N) is 3. The largest absolute Gasteiger partial charge is 0.456 e. The van der Waals surface area contributed by atoms with E-state index in [1.165, 1.54) is 110 Å². The van der Waals surface area contributed by atoms with Crippen LogP contribution in [0.2, 0.25) is 0 Å². The van der Waals surface area contributed by atoms with Gasteiger partial charge in [0.2, 0.25) is 0 Å². The van der Waals surface area contributed by atoms with Gasteiger partial charge in [-0.2, -0.15) is 0 Å². The molecular formula is C123H83N3O4. The molecule has 0 spiro atoms. The van der Waals surface area contributed by atoms with Gasteiger partial charge in [0.05, 0.1) is 22.1 Å². The monoisotopic (exact) mass is 1670 g/mol. The zero-order valence-electron chi connectivity index (χ0n) is 72.2. The molecule has 0 saturated heterocycles. The van der Waals surface area contributed by atoms with Crippen molar-refractivity contribution < 1.29 is 17.7 Å². The van der Waals surface area contributed by atoms with E-state index in [4.69, 9.17) is 17.7 Å². The molecule has 0 radical (unpaired) electrons. The first kappa shape index (κ1) is 74.1. The molecule has 0 N–H and O–H groups in total. The highest BCUT2D eigenvalue weighted by Crippen LogP contribution is 2.56. The smallest absolute Gasteiger partial charge is 0.135 e. The Labute approximate surface area is 749 Å². The summed E-state index contributed by atoms with van der Waals surface area (Å²) >= 11 is 0. The summed E-state index contributed by atoms with van der Waals surface area (Å²) in [7, 11) is 0. The van der Waals surface area contributed by atoms with Gasteiger partial charge >= 0.3 is 0 Å². The number of aromatic nitrogens is 2. The maximum Gasteiger partial charge on any atom is 0.135 e. The Hall–Kier alpha value is -16.2. The standard InChI is InChI=1S/C123H83N3O4/c1-72(119(73-20-8-6-9-21-73)89-37-34-75-57-85(35-32-76(75)59-89)115-64-81-22-12-16-28-111(81)127-115)74-39-48-95-79(56-74)40-51-101-103-70-110-104(71-109(103)125(120(95)101)93-46-54-99-97-49-42-87(62-105(97)122(2,3)107(99)68-93)117-66-83-24-14-18-30-113(83)129-117)102-52-41-80-61-92(124(90-26-10-7-11-27-90)91-44-38-77-58-86(36-33-78(77)60-91)116-65-82-23-13-17-29-112(82)128-116)45-53-96(80)121(102)126(110)94-47-55-100-98-50-43-88(63-106(98)123(4,5)108(100)69-94)118-67-84-25-15-19-31-114(84)130-118/h6-72,119H,1-5H3/t72?,119-/m1/s1. The highest BCUT2D eigenvalue weighted by atomic mass is 16.3. The summed E-state index contributed by atoms with van der Waals surface area (Å²) in [5.41, 5.74) is 31.0. The second-order valence-corrected chi connectivity index (χ2v) is 37.1. The maximum absolute atomic E-state index is 6.58. The minimum absolute atomic E-state index is 0.0493. The Morgan fingerprint density at radius 1 is 0.238 bits per heavy atom. The van der Waals surface area contributed by atoms with Crippen molar-refractivity contribution in [3.05, 3.63) is 439 Å². The average Bonchev–Trinajstić information content (AvgIpc) is 1.59. The van der Waals surface area contributed by atoms with Crippen LogP contribution < -0.4 is 4.90 Å². The number of benzene rings is 19. The third-order valence-electron chi connectivity index (χ3n) is 29.1. The minimum atomic E-state index is -0.372. The molecule has 2 aliphatic rings. The zero-order valence-corrected chi connectivity index (χ0v) is 72.2. The SMILES string of the molecule is CC(c1ccc2c(ccc3c4cc5c(cc4n(-c4ccc6c(c4)C(C)(C)c4cc(-c7cc8ccccc8o7)ccc4-6)c23)c2ccc3cc(N(c4ccccc4)c4ccc6cc(-c7cc8ccccc8o7)ccc6c4)ccc3c2n5-c2ccc3c(c2)C(C)(C)c2cc(-c4cc5ccccc5o4)ccc2-3)c1)[C@H](c1ccccc1)c1ccc2cc(-c3cc4ccccc4o3)ccc2c1. The lowest BCUT2D eigenvalue weighted by Gasteiger charge is -2.26. The summed E-state index contributed by atoms with van der Waals surface area (Å²) in [5.74, 6) is 3.61. The van der Waals surface area contributed by atoms with E-state index in [2.05, 4.69) is 413 Å². The molecule has 6 aromatic heterocycles. The van der Waals surface area contributed by atoms with Gasteiger partial charge in [0.15, 0.2) is 0 Å². The van der Waals surface area contributed by atoms with Crippen molar-refractivity contribution >= 4 is 148 Å². The van der Waals surface area contributed by atoms with E-state index < -0.39 is 0 Å². The molecule has 0 fully saturated rings. The summed E-state index contributed by atoms with van der Waals surface area (Å²) < 4.78 is 31.2. The van der Waals surface area contributed by atoms with Gasteiger partial charge in [0.25, 0.3) is 0 Å². The molecule has 2 atom stereocenters. The number of para-hydroxylation sites is 5. The molecule has 7 nitrogen and oxygen atoms in total. The van der Waals surface area contributed by atoms with Crippen molar-refractivity contribution in [2.45, 2.75) is 57.3 Å². The predicted molar refractivity (Wildman–Crippen MR) is 539 cm³/mol. The summed E-state index contributed by atoms with van der Waals surface area (Å²) in [6.45, 7) is 12.0. The normalized spacial score (nSPS) is 13.8. The molecule has 1 unspecified atom stereocenters. The van der Waals surface area contributed by atoms with Crippen molar-refractivity contribution in [3.63, 3.8) is 0 Å². The fourth-order valence-electron chi connectivity index (χ4n) is 22.4. The highest BCUT2D eigenvalue weighted by Gasteiger charge is 2.39. The zero-order chi connectivity index (χ0) is 86.1. The Morgan fingerprint density at radius 3 is 1.07 bits per heavy atom. The van der Waals surface area contributed by atoms with Crippen LogP contribution in [0.5, 0.6) is 0 Å². The number of rotatable bonds is 13. The first-order chi connectivity index (χ1) is 63.8. The fraction of sp³-hybridized carbons (Fsp3) is 0.0732. The van der Waals surface area contributed by atoms with Crippen LogP contribution in [0.3, 0.4) is 0 Å². The number of hydrogen-bond acceptors (Lipinski definition) is 5. The number of fused-ring (bicyclic) bond motifs is 22. The second kappa shape index (κ2) is 27.9. The molecule has 19 aromatic carbocycles. The molecule has 25 aromatic rings. The Morgan fingerprint density at radius 2 is 0.585 bits per heavy atom. The first-order valence-corrected chi connectivity index (χ1v) is 45.2. The third-order valence-corrected chi connectivity index (χ3v) is 29.1. The van der Waals surface area contributed by atoms with Crippen LogP contribution >= 0.6 is 0 Å². The lowest BCUT2D eigenvalue weighted by Crippen LogP contribution is -2.15. The lowest BCUT2D eigenvalue weighted by molar-refractivity contribution is 0.629. The van der Waals surface area contributed by atoms with Crippen molar-refractivity contribution in [1.29, 1.82) is 0 Å². The van der Waals surface area contributed by atoms with Crippen LogP contribution in [0.15, 0.2) is 418 Å². The Kier molecular flexibility index (Phi) is 15.9. The molecule has 2 aliphatic carbocycles. The van der Waals surface area contributed by atoms with Crippen LogP contribution in [-0.4, -0.2) is 9.13 Å². The molecule has 6 heterocycles. The molecule has 614 valence electrons. The van der Waals surface area contributed by atoms with E-state index in [0.717, 1.165) is 156 Å². The maximum atomic E-state index is 6.58. The van der Waals surface area contributed by atoms with Crippen molar-refractivity contribution in [3.8, 4) is 78.9 Å². The van der Waals surface area contributed by atoms with Crippen molar-refractivity contribution in [1.82, 2.24) is 9.13 Å². The number of furan rings is 4. The quantitative estimate of drug-likeness (QED) is 0.115. The van der Waals surface area contributed by atoms with Crippen LogP contribution in [0.4, 0.5) is 17.1 Å². The highest BCUT2D eigenvalue weighted by molar-refractivity contribution is 6.26. The van der Waals surface area contributed by atoms with Crippen LogP contribution in [0, 0.1) is 0 Å². The van der Waals surface area contributed by atoms with E-state index >= 15 is 0 Å². The van der Waals surface area contributed by atoms with Gasteiger partial charge in [-0.3, -0.25) is 0 Å². The molecule has 130 heavy (non-hydrogen) atoms. The van der Waals surface area contributed by atoms with E-state index in [1.54, 1.807) is 0 Å². The molecule has 0 bridgehead atoms. The summed E-state index contributed by atoms with van der Waals surface area (Å²) in [6.07, 6.45) is 0. The van der Waals surface area contributed by atoms with Crippen molar-refractivity contribution in [2.75, 3.05) is 4.90 Å². The fourth-order valence-corrected chi connectivity index (χ4v) is 22.4. The predicted octanol–water partition coefficient (Wildman–Crippen LogP) is 34.2. The number of hydrogen-bond donors (Lipinski definition) is 0. The second-order valence-electron chi connectivity index (χ2n) is 37.1. The van der Waals surface area contributed by atoms with E-state index in [9.17, 15) is 0 Å². The molecule has 0 saturated carbocycles. The van der Waals surface area contributed by atoms with E-state index in [1.807, 2.05) is 36.4 Å². The molecule has 0 aliphatic heterocycles. The van der Waals surface area contributed by atoms with Gasteiger partial charge in [-0.05, 0) is 245 Å². The van der Waals surface area contributed by atoms with Crippen LogP contribution in [0.25, 0.3) is 210 Å². The third kappa shape index (κ3) is 11.3. The van der Waals surface area contributed by atoms with Crippen LogP contribution in [-0.2, 0) is 10.8 Å². The Bertz CT molecular complexity index is 8980. The topological polar surface area (TPSA) is 65.7 Å². The van der Waals surface area contributed by atoms with Gasteiger partial charge in [-0.1, -0.05) is 289 Å². The minimum Gasteiger partial charge on any atom is -0.456 e. The van der Waals surface area contributed by atoms with Gasteiger partial charge in [-0.15, -0.1) is 0 Å². The summed E-state index contributed by atoms with van der Waals surface area (Å²) in [5, 5.41) is 18.4. The van der Waals surface area contributed by atoms with E-state index in [0.29, 0.717) is 0 Å². The van der Waals surface area contributed by atoms with Gasteiger partial charge < -0.3 is 31.7 Å². The van der Waals surface area contributed by atoms with Crippen molar-refractivity contribution in [2.24, 2.45) is 0 Å². The van der Waals surface area contributed by atoms with E-state index in [-0.39, 0.29) is 22.7 Å². The molecule has 0 amide bonds. The van der Waals surface area contributed by atoms with Gasteiger partial charge in [0, 0.05) is 121 Å². The molecule has 27 rings (SSSR count). The van der Waals surface area contributed by atoms with Gasteiger partial charge in [-0.25, -0.2) is 0 Å². The van der Waals surface area contributed by atoms with Crippen LogP contribution in [0.1, 0.15) is 85.4 Å².